The van der Waals surface area contributed by atoms with Gasteiger partial charge in [0, 0.05) is 22.7 Å². The summed E-state index contributed by atoms with van der Waals surface area (Å²) in [5.41, 5.74) is 1.88. The third-order valence-corrected chi connectivity index (χ3v) is 5.66. The second-order valence-corrected chi connectivity index (χ2v) is 7.62. The van der Waals surface area contributed by atoms with Crippen LogP contribution < -0.4 is 5.32 Å². The van der Waals surface area contributed by atoms with Crippen molar-refractivity contribution in [1.82, 2.24) is 5.32 Å². The van der Waals surface area contributed by atoms with Crippen molar-refractivity contribution in [3.63, 3.8) is 0 Å². The van der Waals surface area contributed by atoms with Gasteiger partial charge in [0.25, 0.3) is 0 Å². The number of nitrogens with one attached hydrogen (secondary N) is 1. The van der Waals surface area contributed by atoms with E-state index in [4.69, 9.17) is 0 Å². The fraction of sp³-hybridized carbons (Fsp3) is 0.217. The molecule has 3 aromatic carbocycles. The molecule has 0 fully saturated rings. The first kappa shape index (κ1) is 19.6. The molecule has 0 bridgehead atoms. The van der Waals surface area contributed by atoms with E-state index < -0.39 is 6.10 Å². The molecule has 0 aliphatic rings. The van der Waals surface area contributed by atoms with Gasteiger partial charge < -0.3 is 10.4 Å². The molecule has 0 unspecified atom stereocenters. The number of rotatable bonds is 8. The molecule has 2 N–H and O–H groups in total. The first-order valence-electron chi connectivity index (χ1n) is 9.06. The lowest BCUT2D eigenvalue weighted by Crippen LogP contribution is -2.38. The standard InChI is InChI=1S/C23H24FNOS/c1-17(18-8-4-2-5-9-18)25-22(16-27-21-10-6-3-7-11-21)23(26)19-12-14-20(24)15-13-19/h2-15,17,22-23,25-26H,16H2,1H3/t17-,22-,23+/m0/s1. The maximum absolute atomic E-state index is 13.3. The molecule has 0 saturated heterocycles. The van der Waals surface area contributed by atoms with Gasteiger partial charge in [0.15, 0.2) is 0 Å². The Balaban J connectivity index is 1.75. The van der Waals surface area contributed by atoms with Gasteiger partial charge in [0.2, 0.25) is 0 Å². The molecule has 3 atom stereocenters. The Bertz CT molecular complexity index is 811. The van der Waals surface area contributed by atoms with Gasteiger partial charge in [-0.2, -0.15) is 0 Å². The van der Waals surface area contributed by atoms with E-state index in [0.717, 1.165) is 4.90 Å². The van der Waals surface area contributed by atoms with Crippen LogP contribution in [0.2, 0.25) is 0 Å². The molecule has 0 aromatic heterocycles. The van der Waals surface area contributed by atoms with Gasteiger partial charge in [-0.3, -0.25) is 0 Å². The van der Waals surface area contributed by atoms with E-state index in [2.05, 4.69) is 36.5 Å². The number of halogens is 1. The first-order chi connectivity index (χ1) is 13.1. The van der Waals surface area contributed by atoms with Gasteiger partial charge in [0.1, 0.15) is 5.82 Å². The van der Waals surface area contributed by atoms with E-state index in [0.29, 0.717) is 11.3 Å². The second-order valence-electron chi connectivity index (χ2n) is 6.53. The van der Waals surface area contributed by atoms with Crippen LogP contribution >= 0.6 is 11.8 Å². The Labute approximate surface area is 164 Å². The van der Waals surface area contributed by atoms with E-state index in [9.17, 15) is 9.50 Å². The molecule has 0 heterocycles. The molecule has 0 saturated carbocycles. The molecule has 3 rings (SSSR count). The third-order valence-electron chi connectivity index (χ3n) is 4.53. The number of aliphatic hydroxyl groups excluding tert-OH is 1. The Morgan fingerprint density at radius 2 is 1.44 bits per heavy atom. The lowest BCUT2D eigenvalue weighted by molar-refractivity contribution is 0.132. The van der Waals surface area contributed by atoms with Crippen LogP contribution in [0.5, 0.6) is 0 Å². The first-order valence-corrected chi connectivity index (χ1v) is 10.0. The molecule has 2 nitrogen and oxygen atoms in total. The maximum atomic E-state index is 13.3. The van der Waals surface area contributed by atoms with Crippen LogP contribution in [0.25, 0.3) is 0 Å². The average molecular weight is 382 g/mol. The predicted octanol–water partition coefficient (Wildman–Crippen LogP) is 5.37. The third kappa shape index (κ3) is 5.67. The summed E-state index contributed by atoms with van der Waals surface area (Å²) in [7, 11) is 0. The van der Waals surface area contributed by atoms with Crippen molar-refractivity contribution in [2.75, 3.05) is 5.75 Å². The number of benzene rings is 3. The molecule has 4 heteroatoms. The van der Waals surface area contributed by atoms with E-state index in [1.165, 1.54) is 17.7 Å². The Hall–Kier alpha value is -2.14. The second kappa shape index (κ2) is 9.70. The highest BCUT2D eigenvalue weighted by Crippen LogP contribution is 2.26. The highest BCUT2D eigenvalue weighted by Gasteiger charge is 2.23. The lowest BCUT2D eigenvalue weighted by Gasteiger charge is -2.28. The van der Waals surface area contributed by atoms with Crippen molar-refractivity contribution in [3.8, 4) is 0 Å². The molecular weight excluding hydrogens is 357 g/mol. The van der Waals surface area contributed by atoms with Crippen molar-refractivity contribution in [2.24, 2.45) is 0 Å². The zero-order valence-electron chi connectivity index (χ0n) is 15.3. The zero-order chi connectivity index (χ0) is 19.1. The van der Waals surface area contributed by atoms with Crippen LogP contribution in [0.3, 0.4) is 0 Å². The van der Waals surface area contributed by atoms with Crippen LogP contribution in [0.4, 0.5) is 4.39 Å². The fourth-order valence-corrected chi connectivity index (χ4v) is 3.98. The van der Waals surface area contributed by atoms with Gasteiger partial charge in [-0.05, 0) is 42.3 Å². The average Bonchev–Trinajstić information content (AvgIpc) is 2.72. The highest BCUT2D eigenvalue weighted by molar-refractivity contribution is 7.99. The topological polar surface area (TPSA) is 32.3 Å². The monoisotopic (exact) mass is 381 g/mol. The minimum atomic E-state index is -0.729. The molecule has 0 amide bonds. The number of thioether (sulfide) groups is 1. The SMILES string of the molecule is C[C@H](N[C@@H](CSc1ccccc1)[C@H](O)c1ccc(F)cc1)c1ccccc1. The summed E-state index contributed by atoms with van der Waals surface area (Å²) in [4.78, 5) is 1.16. The Kier molecular flexibility index (Phi) is 7.04. The van der Waals surface area contributed by atoms with E-state index in [-0.39, 0.29) is 17.9 Å². The number of aliphatic hydroxyl groups is 1. The van der Waals surface area contributed by atoms with Gasteiger partial charge in [0.05, 0.1) is 6.10 Å². The largest absolute Gasteiger partial charge is 0.387 e. The lowest BCUT2D eigenvalue weighted by atomic mass is 10.0. The highest BCUT2D eigenvalue weighted by atomic mass is 32.2. The summed E-state index contributed by atoms with van der Waals surface area (Å²) in [5, 5.41) is 14.5. The van der Waals surface area contributed by atoms with Crippen LogP contribution in [0.1, 0.15) is 30.2 Å². The van der Waals surface area contributed by atoms with Gasteiger partial charge in [-0.1, -0.05) is 60.7 Å². The summed E-state index contributed by atoms with van der Waals surface area (Å²) >= 11 is 1.70. The van der Waals surface area contributed by atoms with E-state index in [1.54, 1.807) is 23.9 Å². The summed E-state index contributed by atoms with van der Waals surface area (Å²) < 4.78 is 13.3. The van der Waals surface area contributed by atoms with Crippen molar-refractivity contribution in [3.05, 3.63) is 102 Å². The van der Waals surface area contributed by atoms with Crippen LogP contribution in [-0.2, 0) is 0 Å². The molecule has 0 aliphatic carbocycles. The van der Waals surface area contributed by atoms with Crippen LogP contribution in [0, 0.1) is 5.82 Å². The Morgan fingerprint density at radius 1 is 0.852 bits per heavy atom. The van der Waals surface area contributed by atoms with Gasteiger partial charge in [-0.15, -0.1) is 11.8 Å². The predicted molar refractivity (Wildman–Crippen MR) is 110 cm³/mol. The van der Waals surface area contributed by atoms with Crippen molar-refractivity contribution in [2.45, 2.75) is 30.0 Å². The molecule has 3 aromatic rings. The molecule has 27 heavy (non-hydrogen) atoms. The quantitative estimate of drug-likeness (QED) is 0.515. The smallest absolute Gasteiger partial charge is 0.123 e. The maximum Gasteiger partial charge on any atom is 0.123 e. The molecule has 0 aliphatic heterocycles. The summed E-state index contributed by atoms with van der Waals surface area (Å²) in [5.74, 6) is 0.395. The van der Waals surface area contributed by atoms with E-state index in [1.807, 2.05) is 36.4 Å². The van der Waals surface area contributed by atoms with Crippen LogP contribution in [-0.4, -0.2) is 16.9 Å². The van der Waals surface area contributed by atoms with Gasteiger partial charge in [-0.25, -0.2) is 4.39 Å². The minimum absolute atomic E-state index is 0.0858. The summed E-state index contributed by atoms with van der Waals surface area (Å²) in [6.07, 6.45) is -0.729. The van der Waals surface area contributed by atoms with Crippen molar-refractivity contribution >= 4 is 11.8 Å². The number of hydrogen-bond acceptors (Lipinski definition) is 3. The van der Waals surface area contributed by atoms with Gasteiger partial charge >= 0.3 is 0 Å². The summed E-state index contributed by atoms with van der Waals surface area (Å²) in [6.45, 7) is 2.09. The van der Waals surface area contributed by atoms with E-state index >= 15 is 0 Å². The molecule has 0 radical (unpaired) electrons. The zero-order valence-corrected chi connectivity index (χ0v) is 16.1. The normalized spacial score (nSPS) is 14.5. The van der Waals surface area contributed by atoms with Crippen LogP contribution in [0.15, 0.2) is 89.8 Å². The summed E-state index contributed by atoms with van der Waals surface area (Å²) in [6, 6.07) is 26.3. The van der Waals surface area contributed by atoms with Crippen molar-refractivity contribution in [1.29, 1.82) is 0 Å². The minimum Gasteiger partial charge on any atom is -0.387 e. The fourth-order valence-electron chi connectivity index (χ4n) is 2.98. The molecule has 0 spiro atoms. The number of hydrogen-bond donors (Lipinski definition) is 2. The molecular formula is C23H24FNOS. The van der Waals surface area contributed by atoms with Crippen molar-refractivity contribution < 1.29 is 9.50 Å². The molecule has 140 valence electrons. The Morgan fingerprint density at radius 3 is 2.07 bits per heavy atom.